The smallest absolute Gasteiger partial charge is 0.235 e. The van der Waals surface area contributed by atoms with Crippen LogP contribution in [0.5, 0.6) is 0 Å². The molecule has 0 spiro atoms. The Morgan fingerprint density at radius 2 is 2.12 bits per heavy atom. The summed E-state index contributed by atoms with van der Waals surface area (Å²) >= 11 is 0. The van der Waals surface area contributed by atoms with Gasteiger partial charge in [0.25, 0.3) is 0 Å². The van der Waals surface area contributed by atoms with Crippen LogP contribution in [0.3, 0.4) is 0 Å². The van der Waals surface area contributed by atoms with Crippen molar-refractivity contribution < 1.29 is 14.1 Å². The molecule has 0 atom stereocenters. The fraction of sp³-hybridized carbons (Fsp3) is 0.500. The predicted molar refractivity (Wildman–Crippen MR) is 57.8 cm³/mol. The van der Waals surface area contributed by atoms with Crippen LogP contribution in [0.1, 0.15) is 26.0 Å². The first-order valence-corrected chi connectivity index (χ1v) is 5.00. The molecule has 0 saturated carbocycles. The lowest BCUT2D eigenvalue weighted by atomic mass is 10.3. The molecule has 1 rings (SSSR count). The first kappa shape index (κ1) is 12.2. The van der Waals surface area contributed by atoms with Gasteiger partial charge in [0.15, 0.2) is 5.82 Å². The van der Waals surface area contributed by atoms with Crippen LogP contribution >= 0.6 is 0 Å². The molecule has 1 aromatic rings. The molecule has 16 heavy (non-hydrogen) atoms. The van der Waals surface area contributed by atoms with Gasteiger partial charge in [-0.2, -0.15) is 0 Å². The summed E-state index contributed by atoms with van der Waals surface area (Å²) < 4.78 is 4.77. The van der Waals surface area contributed by atoms with Gasteiger partial charge in [-0.15, -0.1) is 0 Å². The van der Waals surface area contributed by atoms with E-state index in [0.29, 0.717) is 11.6 Å². The van der Waals surface area contributed by atoms with E-state index in [1.54, 1.807) is 13.0 Å². The van der Waals surface area contributed by atoms with E-state index in [-0.39, 0.29) is 18.4 Å². The summed E-state index contributed by atoms with van der Waals surface area (Å²) in [5.74, 6) is 0.195. The van der Waals surface area contributed by atoms with Crippen LogP contribution in [0.4, 0.5) is 5.82 Å². The molecule has 1 aromatic heterocycles. The highest BCUT2D eigenvalue weighted by atomic mass is 16.5. The Kier molecular flexibility index (Phi) is 4.04. The van der Waals surface area contributed by atoms with Crippen molar-refractivity contribution in [1.29, 1.82) is 0 Å². The molecule has 0 bridgehead atoms. The van der Waals surface area contributed by atoms with E-state index in [9.17, 15) is 9.59 Å². The quantitative estimate of drug-likeness (QED) is 0.743. The summed E-state index contributed by atoms with van der Waals surface area (Å²) in [6.07, 6.45) is -0.218. The van der Waals surface area contributed by atoms with Crippen molar-refractivity contribution in [3.05, 3.63) is 11.8 Å². The van der Waals surface area contributed by atoms with Crippen LogP contribution in [0.15, 0.2) is 10.6 Å². The Morgan fingerprint density at radius 3 is 2.62 bits per heavy atom. The number of aryl methyl sites for hydroxylation is 1. The molecule has 0 aliphatic carbocycles. The number of carbonyl (C=O) groups excluding carboxylic acids is 2. The largest absolute Gasteiger partial charge is 0.360 e. The number of carbonyl (C=O) groups is 2. The van der Waals surface area contributed by atoms with Gasteiger partial charge in [-0.25, -0.2) is 0 Å². The van der Waals surface area contributed by atoms with Crippen molar-refractivity contribution in [3.8, 4) is 0 Å². The zero-order chi connectivity index (χ0) is 12.1. The SMILES string of the molecule is Cc1cc(NC(=O)CC(=O)NC(C)C)no1. The number of aromatic nitrogens is 1. The molecule has 2 amide bonds. The molecule has 1 heterocycles. The van der Waals surface area contributed by atoms with Gasteiger partial charge < -0.3 is 15.2 Å². The molecular formula is C10H15N3O3. The number of hydrogen-bond donors (Lipinski definition) is 2. The van der Waals surface area contributed by atoms with Crippen molar-refractivity contribution in [1.82, 2.24) is 10.5 Å². The number of nitrogens with one attached hydrogen (secondary N) is 2. The first-order valence-electron chi connectivity index (χ1n) is 5.00. The number of anilines is 1. The van der Waals surface area contributed by atoms with Gasteiger partial charge in [0, 0.05) is 12.1 Å². The van der Waals surface area contributed by atoms with E-state index >= 15 is 0 Å². The molecule has 6 heteroatoms. The molecular weight excluding hydrogens is 210 g/mol. The second-order valence-corrected chi connectivity index (χ2v) is 3.77. The molecule has 0 aliphatic heterocycles. The summed E-state index contributed by atoms with van der Waals surface area (Å²) in [5.41, 5.74) is 0. The first-order chi connectivity index (χ1) is 7.47. The number of rotatable bonds is 4. The third-order valence-corrected chi connectivity index (χ3v) is 1.67. The minimum absolute atomic E-state index is 0.0228. The van der Waals surface area contributed by atoms with Crippen LogP contribution in [-0.4, -0.2) is 23.0 Å². The number of amides is 2. The van der Waals surface area contributed by atoms with Gasteiger partial charge in [0.1, 0.15) is 12.2 Å². The van der Waals surface area contributed by atoms with Crippen molar-refractivity contribution in [2.45, 2.75) is 33.2 Å². The van der Waals surface area contributed by atoms with Gasteiger partial charge in [-0.3, -0.25) is 9.59 Å². The van der Waals surface area contributed by atoms with Crippen LogP contribution in [0, 0.1) is 6.92 Å². The van der Waals surface area contributed by atoms with E-state index in [0.717, 1.165) is 0 Å². The fourth-order valence-corrected chi connectivity index (χ4v) is 1.13. The normalized spacial score (nSPS) is 10.2. The van der Waals surface area contributed by atoms with Gasteiger partial charge in [-0.1, -0.05) is 5.16 Å². The minimum Gasteiger partial charge on any atom is -0.360 e. The van der Waals surface area contributed by atoms with Crippen molar-refractivity contribution in [2.75, 3.05) is 5.32 Å². The fourth-order valence-electron chi connectivity index (χ4n) is 1.13. The maximum atomic E-state index is 11.4. The monoisotopic (exact) mass is 225 g/mol. The van der Waals surface area contributed by atoms with Gasteiger partial charge in [0.2, 0.25) is 11.8 Å². The van der Waals surface area contributed by atoms with Gasteiger partial charge in [-0.05, 0) is 20.8 Å². The predicted octanol–water partition coefficient (Wildman–Crippen LogP) is 0.836. The molecule has 0 radical (unpaired) electrons. The Hall–Kier alpha value is -1.85. The zero-order valence-corrected chi connectivity index (χ0v) is 9.53. The van der Waals surface area contributed by atoms with Crippen molar-refractivity contribution in [2.24, 2.45) is 0 Å². The molecule has 0 unspecified atom stereocenters. The summed E-state index contributed by atoms with van der Waals surface area (Å²) in [7, 11) is 0. The lowest BCUT2D eigenvalue weighted by molar-refractivity contribution is -0.127. The second kappa shape index (κ2) is 5.29. The molecule has 0 aliphatic rings. The Balaban J connectivity index is 2.39. The van der Waals surface area contributed by atoms with E-state index in [1.165, 1.54) is 0 Å². The average molecular weight is 225 g/mol. The molecule has 0 aromatic carbocycles. The highest BCUT2D eigenvalue weighted by Gasteiger charge is 2.11. The van der Waals surface area contributed by atoms with Crippen molar-refractivity contribution >= 4 is 17.6 Å². The van der Waals surface area contributed by atoms with Crippen LogP contribution < -0.4 is 10.6 Å². The minimum atomic E-state index is -0.411. The van der Waals surface area contributed by atoms with Gasteiger partial charge in [0.05, 0.1) is 0 Å². The van der Waals surface area contributed by atoms with Crippen molar-refractivity contribution in [3.63, 3.8) is 0 Å². The Labute approximate surface area is 93.4 Å². The summed E-state index contributed by atoms with van der Waals surface area (Å²) in [5, 5.41) is 8.67. The highest BCUT2D eigenvalue weighted by molar-refractivity contribution is 6.03. The van der Waals surface area contributed by atoms with E-state index in [4.69, 9.17) is 4.52 Å². The van der Waals surface area contributed by atoms with E-state index in [1.807, 2.05) is 13.8 Å². The van der Waals surface area contributed by atoms with Crippen LogP contribution in [0.2, 0.25) is 0 Å². The molecule has 0 saturated heterocycles. The standard InChI is InChI=1S/C10H15N3O3/c1-6(2)11-9(14)5-10(15)12-8-4-7(3)16-13-8/h4,6H,5H2,1-3H3,(H,11,14)(H,12,13,15). The summed E-state index contributed by atoms with van der Waals surface area (Å²) in [4.78, 5) is 22.6. The third kappa shape index (κ3) is 4.12. The van der Waals surface area contributed by atoms with E-state index in [2.05, 4.69) is 15.8 Å². The molecule has 2 N–H and O–H groups in total. The maximum absolute atomic E-state index is 11.4. The lowest BCUT2D eigenvalue weighted by Gasteiger charge is -2.07. The Morgan fingerprint density at radius 1 is 1.44 bits per heavy atom. The summed E-state index contributed by atoms with van der Waals surface area (Å²) in [6, 6.07) is 1.60. The van der Waals surface area contributed by atoms with Crippen LogP contribution in [0.25, 0.3) is 0 Å². The topological polar surface area (TPSA) is 84.2 Å². The highest BCUT2D eigenvalue weighted by Crippen LogP contribution is 2.06. The third-order valence-electron chi connectivity index (χ3n) is 1.67. The molecule has 6 nitrogen and oxygen atoms in total. The number of hydrogen-bond acceptors (Lipinski definition) is 4. The second-order valence-electron chi connectivity index (χ2n) is 3.77. The lowest BCUT2D eigenvalue weighted by Crippen LogP contribution is -2.33. The average Bonchev–Trinajstić information content (AvgIpc) is 2.48. The molecule has 0 fully saturated rings. The molecule has 88 valence electrons. The van der Waals surface area contributed by atoms with E-state index < -0.39 is 5.91 Å². The van der Waals surface area contributed by atoms with Crippen LogP contribution in [-0.2, 0) is 9.59 Å². The maximum Gasteiger partial charge on any atom is 0.235 e. The number of nitrogens with zero attached hydrogens (tertiary/aromatic N) is 1. The zero-order valence-electron chi connectivity index (χ0n) is 9.53. The summed E-state index contributed by atoms with van der Waals surface area (Å²) in [6.45, 7) is 5.38. The van der Waals surface area contributed by atoms with Gasteiger partial charge >= 0.3 is 0 Å². The Bertz CT molecular complexity index is 384.